The fourth-order valence-corrected chi connectivity index (χ4v) is 4.00. The van der Waals surface area contributed by atoms with Gasteiger partial charge in [0.25, 0.3) is 10.1 Å². The molecule has 2 aromatic rings. The second-order valence-electron chi connectivity index (χ2n) is 8.51. The van der Waals surface area contributed by atoms with Crippen LogP contribution < -0.4 is 4.57 Å². The molecule has 0 unspecified atom stereocenters. The molecule has 0 bridgehead atoms. The van der Waals surface area contributed by atoms with E-state index in [4.69, 9.17) is 4.55 Å². The number of rotatable bonds is 12. The molecule has 1 aromatic heterocycles. The molecule has 0 saturated heterocycles. The van der Waals surface area contributed by atoms with Crippen LogP contribution in [0, 0.1) is 20.8 Å². The standard InChI is InChI=1S/C19H34N.C7H8O3S/c1-4-5-6-7-8-9-10-11-12-13-15-20-16-14-18(2)17-19(20)3;1-6-2-4-7(5-3-6)11(8,9)10/h14,16-17H,4-13,15H2,1-3H3;2-5H,1H3,(H,8,9,10)/q+1;. The summed E-state index contributed by atoms with van der Waals surface area (Å²) in [6.07, 6.45) is 16.4. The molecule has 1 heterocycles. The number of unbranched alkanes of at least 4 members (excludes halogenated alkanes) is 9. The number of aryl methyl sites for hydroxylation is 4. The summed E-state index contributed by atoms with van der Waals surface area (Å²) in [5, 5.41) is 0. The zero-order chi connectivity index (χ0) is 23.1. The highest BCUT2D eigenvalue weighted by molar-refractivity contribution is 7.85. The summed E-state index contributed by atoms with van der Waals surface area (Å²) in [4.78, 5) is -0.0666. The van der Waals surface area contributed by atoms with Crippen LogP contribution in [0.2, 0.25) is 0 Å². The number of pyridine rings is 1. The predicted octanol–water partition coefficient (Wildman–Crippen LogP) is 6.75. The van der Waals surface area contributed by atoms with E-state index in [0.29, 0.717) is 0 Å². The van der Waals surface area contributed by atoms with Crippen molar-refractivity contribution in [3.63, 3.8) is 0 Å². The molecule has 0 atom stereocenters. The zero-order valence-electron chi connectivity index (χ0n) is 19.9. The molecule has 4 nitrogen and oxygen atoms in total. The van der Waals surface area contributed by atoms with Crippen LogP contribution in [0.25, 0.3) is 0 Å². The summed E-state index contributed by atoms with van der Waals surface area (Å²) in [7, 11) is -4.02. The highest BCUT2D eigenvalue weighted by atomic mass is 32.2. The minimum Gasteiger partial charge on any atom is -0.282 e. The van der Waals surface area contributed by atoms with E-state index in [1.54, 1.807) is 12.1 Å². The lowest BCUT2D eigenvalue weighted by molar-refractivity contribution is -0.703. The van der Waals surface area contributed by atoms with E-state index in [9.17, 15) is 8.42 Å². The van der Waals surface area contributed by atoms with Crippen LogP contribution in [0.4, 0.5) is 0 Å². The van der Waals surface area contributed by atoms with E-state index in [1.165, 1.54) is 94.1 Å². The van der Waals surface area contributed by atoms with Crippen molar-refractivity contribution < 1.29 is 17.5 Å². The second kappa shape index (κ2) is 15.1. The van der Waals surface area contributed by atoms with Gasteiger partial charge in [0.2, 0.25) is 0 Å². The van der Waals surface area contributed by atoms with Crippen molar-refractivity contribution >= 4 is 10.1 Å². The molecular formula is C26H42NO3S+. The van der Waals surface area contributed by atoms with Gasteiger partial charge in [-0.1, -0.05) is 76.0 Å². The highest BCUT2D eigenvalue weighted by Crippen LogP contribution is 2.11. The lowest BCUT2D eigenvalue weighted by Gasteiger charge is -2.03. The van der Waals surface area contributed by atoms with Gasteiger partial charge in [0.05, 0.1) is 4.90 Å². The third kappa shape index (κ3) is 12.7. The van der Waals surface area contributed by atoms with Gasteiger partial charge in [0.1, 0.15) is 6.54 Å². The average molecular weight is 449 g/mol. The number of nitrogens with zero attached hydrogens (tertiary/aromatic N) is 1. The van der Waals surface area contributed by atoms with Gasteiger partial charge in [0, 0.05) is 25.5 Å². The fourth-order valence-electron chi connectivity index (χ4n) is 3.52. The van der Waals surface area contributed by atoms with Crippen LogP contribution in [0.1, 0.15) is 88.0 Å². The van der Waals surface area contributed by atoms with Crippen LogP contribution in [-0.4, -0.2) is 13.0 Å². The molecule has 174 valence electrons. The van der Waals surface area contributed by atoms with E-state index in [0.717, 1.165) is 5.56 Å². The molecule has 0 aliphatic rings. The zero-order valence-corrected chi connectivity index (χ0v) is 20.8. The van der Waals surface area contributed by atoms with Gasteiger partial charge in [-0.25, -0.2) is 4.57 Å². The molecule has 0 spiro atoms. The lowest BCUT2D eigenvalue weighted by Crippen LogP contribution is -2.36. The van der Waals surface area contributed by atoms with E-state index in [1.807, 2.05) is 6.92 Å². The van der Waals surface area contributed by atoms with Gasteiger partial charge in [-0.05, 0) is 38.0 Å². The van der Waals surface area contributed by atoms with Crippen LogP contribution >= 0.6 is 0 Å². The molecule has 0 radical (unpaired) electrons. The van der Waals surface area contributed by atoms with Gasteiger partial charge >= 0.3 is 0 Å². The SMILES string of the molecule is CCCCCCCCCCCC[n+]1ccc(C)cc1C.Cc1ccc(S(=O)(=O)O)cc1. The number of hydrogen-bond donors (Lipinski definition) is 1. The predicted molar refractivity (Wildman–Crippen MR) is 129 cm³/mol. The maximum atomic E-state index is 10.5. The Morgan fingerprint density at radius 2 is 1.26 bits per heavy atom. The summed E-state index contributed by atoms with van der Waals surface area (Å²) in [6, 6.07) is 10.5. The van der Waals surface area contributed by atoms with Crippen LogP contribution in [-0.2, 0) is 16.7 Å². The first kappa shape index (κ1) is 27.3. The molecule has 0 saturated carbocycles. The van der Waals surface area contributed by atoms with Crippen LogP contribution in [0.5, 0.6) is 0 Å². The Morgan fingerprint density at radius 1 is 0.742 bits per heavy atom. The summed E-state index contributed by atoms with van der Waals surface area (Å²) in [6.45, 7) is 9.69. The molecule has 0 amide bonds. The molecule has 0 fully saturated rings. The maximum absolute atomic E-state index is 10.5. The van der Waals surface area contributed by atoms with Crippen molar-refractivity contribution in [1.29, 1.82) is 0 Å². The fraction of sp³-hybridized carbons (Fsp3) is 0.577. The Labute approximate surface area is 190 Å². The topological polar surface area (TPSA) is 58.2 Å². The van der Waals surface area contributed by atoms with E-state index < -0.39 is 10.1 Å². The van der Waals surface area contributed by atoms with E-state index in [-0.39, 0.29) is 4.90 Å². The van der Waals surface area contributed by atoms with Crippen molar-refractivity contribution in [2.24, 2.45) is 0 Å². The Bertz CT molecular complexity index is 845. The number of benzene rings is 1. The Kier molecular flexibility index (Phi) is 13.3. The number of aromatic nitrogens is 1. The number of hydrogen-bond acceptors (Lipinski definition) is 2. The van der Waals surface area contributed by atoms with Crippen molar-refractivity contribution in [3.8, 4) is 0 Å². The van der Waals surface area contributed by atoms with Crippen molar-refractivity contribution in [2.75, 3.05) is 0 Å². The minimum absolute atomic E-state index is 0.0666. The Balaban J connectivity index is 0.000000367. The average Bonchev–Trinajstić information content (AvgIpc) is 2.71. The van der Waals surface area contributed by atoms with Crippen molar-refractivity contribution in [2.45, 2.75) is 103 Å². The summed E-state index contributed by atoms with van der Waals surface area (Å²) in [5.74, 6) is 0. The largest absolute Gasteiger partial charge is 0.294 e. The van der Waals surface area contributed by atoms with Gasteiger partial charge in [-0.2, -0.15) is 8.42 Å². The Morgan fingerprint density at radius 3 is 1.74 bits per heavy atom. The smallest absolute Gasteiger partial charge is 0.282 e. The molecule has 1 N–H and O–H groups in total. The molecule has 2 rings (SSSR count). The molecule has 0 aliphatic heterocycles. The maximum Gasteiger partial charge on any atom is 0.294 e. The first-order chi connectivity index (χ1) is 14.7. The Hall–Kier alpha value is -1.72. The molecule has 31 heavy (non-hydrogen) atoms. The first-order valence-corrected chi connectivity index (χ1v) is 13.2. The quantitative estimate of drug-likeness (QED) is 0.222. The third-order valence-corrected chi connectivity index (χ3v) is 6.35. The van der Waals surface area contributed by atoms with E-state index in [2.05, 4.69) is 43.7 Å². The van der Waals surface area contributed by atoms with Gasteiger partial charge in [-0.15, -0.1) is 0 Å². The minimum atomic E-state index is -4.02. The van der Waals surface area contributed by atoms with Gasteiger partial charge < -0.3 is 0 Å². The molecule has 5 heteroatoms. The molecular weight excluding hydrogens is 406 g/mol. The van der Waals surface area contributed by atoms with Crippen LogP contribution in [0.3, 0.4) is 0 Å². The second-order valence-corrected chi connectivity index (χ2v) is 9.93. The highest BCUT2D eigenvalue weighted by Gasteiger charge is 2.07. The summed E-state index contributed by atoms with van der Waals surface area (Å²) >= 11 is 0. The monoisotopic (exact) mass is 448 g/mol. The summed E-state index contributed by atoms with van der Waals surface area (Å²) < 4.78 is 31.9. The lowest BCUT2D eigenvalue weighted by atomic mass is 10.1. The molecule has 1 aromatic carbocycles. The normalized spacial score (nSPS) is 11.1. The third-order valence-electron chi connectivity index (χ3n) is 5.48. The van der Waals surface area contributed by atoms with Gasteiger partial charge in [-0.3, -0.25) is 4.55 Å². The van der Waals surface area contributed by atoms with Crippen molar-refractivity contribution in [1.82, 2.24) is 0 Å². The van der Waals surface area contributed by atoms with Crippen LogP contribution in [0.15, 0.2) is 47.5 Å². The first-order valence-electron chi connectivity index (χ1n) is 11.7. The molecule has 0 aliphatic carbocycles. The van der Waals surface area contributed by atoms with E-state index >= 15 is 0 Å². The van der Waals surface area contributed by atoms with Crippen molar-refractivity contribution in [3.05, 3.63) is 59.4 Å². The summed E-state index contributed by atoms with van der Waals surface area (Å²) in [5.41, 5.74) is 3.71. The van der Waals surface area contributed by atoms with Gasteiger partial charge in [0.15, 0.2) is 11.9 Å².